The van der Waals surface area contributed by atoms with E-state index in [1.54, 1.807) is 11.8 Å². The van der Waals surface area contributed by atoms with Crippen LogP contribution in [0.4, 0.5) is 5.69 Å². The first-order valence-corrected chi connectivity index (χ1v) is 8.23. The maximum atomic E-state index is 9.56. The van der Waals surface area contributed by atoms with E-state index < -0.39 is 0 Å². The number of hydrogen-bond donors (Lipinski definition) is 0. The largest absolute Gasteiger partial charge is 0.375 e. The van der Waals surface area contributed by atoms with E-state index in [4.69, 9.17) is 4.74 Å². The average Bonchev–Trinajstić information content (AvgIpc) is 2.47. The van der Waals surface area contributed by atoms with Crippen molar-refractivity contribution in [1.82, 2.24) is 0 Å². The summed E-state index contributed by atoms with van der Waals surface area (Å²) in [5, 5.41) is 9.56. The highest BCUT2D eigenvalue weighted by Crippen LogP contribution is 2.33. The predicted molar refractivity (Wildman–Crippen MR) is 84.4 cm³/mol. The van der Waals surface area contributed by atoms with Crippen molar-refractivity contribution in [2.45, 2.75) is 44.2 Å². The van der Waals surface area contributed by atoms with E-state index in [0.717, 1.165) is 41.5 Å². The summed E-state index contributed by atoms with van der Waals surface area (Å²) in [6.45, 7) is 7.98. The lowest BCUT2D eigenvalue weighted by atomic mass is 10.1. The fraction of sp³-hybridized carbons (Fsp3) is 0.562. The van der Waals surface area contributed by atoms with Crippen LogP contribution >= 0.6 is 11.8 Å². The zero-order valence-electron chi connectivity index (χ0n) is 12.4. The number of ether oxygens (including phenoxy) is 1. The second kappa shape index (κ2) is 7.01. The van der Waals surface area contributed by atoms with Crippen LogP contribution in [0.15, 0.2) is 23.1 Å². The molecule has 2 atom stereocenters. The molecular weight excluding hydrogens is 268 g/mol. The topological polar surface area (TPSA) is 36.3 Å². The van der Waals surface area contributed by atoms with Gasteiger partial charge in [-0.05, 0) is 31.2 Å². The lowest BCUT2D eigenvalue weighted by Crippen LogP contribution is -2.49. The molecule has 1 aliphatic heterocycles. The van der Waals surface area contributed by atoms with Crippen molar-refractivity contribution < 1.29 is 4.74 Å². The predicted octanol–water partition coefficient (Wildman–Crippen LogP) is 3.67. The van der Waals surface area contributed by atoms with Gasteiger partial charge in [0.15, 0.2) is 0 Å². The normalized spacial score (nSPS) is 22.6. The van der Waals surface area contributed by atoms with Crippen molar-refractivity contribution in [2.75, 3.05) is 23.8 Å². The first-order chi connectivity index (χ1) is 9.71. The summed E-state index contributed by atoms with van der Waals surface area (Å²) in [4.78, 5) is 3.44. The number of thioether (sulfide) groups is 1. The lowest BCUT2D eigenvalue weighted by Gasteiger charge is -2.40. The molecule has 0 spiro atoms. The molecule has 1 aromatic rings. The monoisotopic (exact) mass is 290 g/mol. The Balaban J connectivity index is 2.39. The molecule has 0 aromatic heterocycles. The highest BCUT2D eigenvalue weighted by molar-refractivity contribution is 7.99. The van der Waals surface area contributed by atoms with Crippen LogP contribution in [-0.2, 0) is 4.74 Å². The molecule has 0 N–H and O–H groups in total. The molecule has 2 unspecified atom stereocenters. The van der Waals surface area contributed by atoms with Crippen molar-refractivity contribution in [3.8, 4) is 6.07 Å². The summed E-state index contributed by atoms with van der Waals surface area (Å²) in [6.07, 6.45) is 1.25. The van der Waals surface area contributed by atoms with Crippen molar-refractivity contribution in [1.29, 1.82) is 5.26 Å². The molecule has 0 radical (unpaired) electrons. The first-order valence-electron chi connectivity index (χ1n) is 7.25. The van der Waals surface area contributed by atoms with Crippen LogP contribution in [-0.4, -0.2) is 31.1 Å². The van der Waals surface area contributed by atoms with Crippen LogP contribution in [0, 0.1) is 11.3 Å². The van der Waals surface area contributed by atoms with Gasteiger partial charge in [0.2, 0.25) is 0 Å². The van der Waals surface area contributed by atoms with Gasteiger partial charge in [-0.2, -0.15) is 5.26 Å². The zero-order valence-corrected chi connectivity index (χ0v) is 13.2. The standard InChI is InChI=1S/C16H22N2OS/c1-4-13-11-19-12(3)10-18(13)15-7-6-8-16(20-5-2)14(15)9-17/h6-8,12-13H,4-5,10-11H2,1-3H3. The second-order valence-electron chi connectivity index (χ2n) is 5.05. The molecule has 1 heterocycles. The number of anilines is 1. The van der Waals surface area contributed by atoms with Gasteiger partial charge in [-0.1, -0.05) is 19.9 Å². The minimum atomic E-state index is 0.215. The SMILES string of the molecule is CCSc1cccc(N2CC(C)OCC2CC)c1C#N. The van der Waals surface area contributed by atoms with Gasteiger partial charge in [0.1, 0.15) is 6.07 Å². The Kier molecular flexibility index (Phi) is 5.33. The third kappa shape index (κ3) is 3.11. The van der Waals surface area contributed by atoms with Crippen molar-refractivity contribution in [3.63, 3.8) is 0 Å². The maximum Gasteiger partial charge on any atom is 0.103 e. The second-order valence-corrected chi connectivity index (χ2v) is 6.36. The van der Waals surface area contributed by atoms with E-state index in [9.17, 15) is 5.26 Å². The summed E-state index contributed by atoms with van der Waals surface area (Å²) < 4.78 is 5.75. The molecule has 0 bridgehead atoms. The van der Waals surface area contributed by atoms with Gasteiger partial charge in [0, 0.05) is 11.4 Å². The molecule has 1 saturated heterocycles. The maximum absolute atomic E-state index is 9.56. The third-order valence-corrected chi connectivity index (χ3v) is 4.60. The molecule has 3 nitrogen and oxygen atoms in total. The van der Waals surface area contributed by atoms with Crippen LogP contribution in [0.1, 0.15) is 32.8 Å². The van der Waals surface area contributed by atoms with Gasteiger partial charge in [0.05, 0.1) is 30.0 Å². The van der Waals surface area contributed by atoms with Gasteiger partial charge in [-0.25, -0.2) is 0 Å². The molecule has 0 aliphatic carbocycles. The number of nitriles is 1. The Morgan fingerprint density at radius 3 is 2.90 bits per heavy atom. The van der Waals surface area contributed by atoms with E-state index in [0.29, 0.717) is 6.04 Å². The zero-order chi connectivity index (χ0) is 14.5. The van der Waals surface area contributed by atoms with E-state index in [-0.39, 0.29) is 6.10 Å². The Morgan fingerprint density at radius 2 is 2.25 bits per heavy atom. The molecular formula is C16H22N2OS. The number of hydrogen-bond acceptors (Lipinski definition) is 4. The number of nitrogens with zero attached hydrogens (tertiary/aromatic N) is 2. The molecule has 1 aliphatic rings. The smallest absolute Gasteiger partial charge is 0.103 e. The van der Waals surface area contributed by atoms with Gasteiger partial charge >= 0.3 is 0 Å². The lowest BCUT2D eigenvalue weighted by molar-refractivity contribution is 0.0299. The van der Waals surface area contributed by atoms with Gasteiger partial charge in [-0.3, -0.25) is 0 Å². The van der Waals surface area contributed by atoms with Crippen LogP contribution < -0.4 is 4.90 Å². The van der Waals surface area contributed by atoms with Crippen molar-refractivity contribution in [3.05, 3.63) is 23.8 Å². The van der Waals surface area contributed by atoms with Gasteiger partial charge < -0.3 is 9.64 Å². The average molecular weight is 290 g/mol. The number of benzene rings is 1. The van der Waals surface area contributed by atoms with E-state index in [2.05, 4.69) is 43.9 Å². The van der Waals surface area contributed by atoms with Crippen molar-refractivity contribution >= 4 is 17.4 Å². The summed E-state index contributed by atoms with van der Waals surface area (Å²) in [7, 11) is 0. The van der Waals surface area contributed by atoms with Crippen LogP contribution in [0.3, 0.4) is 0 Å². The van der Waals surface area contributed by atoms with E-state index in [1.165, 1.54) is 0 Å². The van der Waals surface area contributed by atoms with Crippen LogP contribution in [0.25, 0.3) is 0 Å². The number of morpholine rings is 1. The van der Waals surface area contributed by atoms with Crippen molar-refractivity contribution in [2.24, 2.45) is 0 Å². The van der Waals surface area contributed by atoms with Crippen LogP contribution in [0.2, 0.25) is 0 Å². The summed E-state index contributed by atoms with van der Waals surface area (Å²) in [5.74, 6) is 0.981. The highest BCUT2D eigenvalue weighted by Gasteiger charge is 2.27. The third-order valence-electron chi connectivity index (χ3n) is 3.66. The Labute approximate surface area is 125 Å². The highest BCUT2D eigenvalue weighted by atomic mass is 32.2. The van der Waals surface area contributed by atoms with E-state index in [1.807, 2.05) is 6.07 Å². The Morgan fingerprint density at radius 1 is 1.45 bits per heavy atom. The summed E-state index contributed by atoms with van der Waals surface area (Å²) in [5.41, 5.74) is 1.87. The molecule has 0 amide bonds. The molecule has 20 heavy (non-hydrogen) atoms. The van der Waals surface area contributed by atoms with Gasteiger partial charge in [0.25, 0.3) is 0 Å². The quantitative estimate of drug-likeness (QED) is 0.793. The fourth-order valence-electron chi connectivity index (χ4n) is 2.62. The van der Waals surface area contributed by atoms with E-state index >= 15 is 0 Å². The molecule has 1 aromatic carbocycles. The molecule has 2 rings (SSSR count). The molecule has 4 heteroatoms. The summed E-state index contributed by atoms with van der Waals surface area (Å²) >= 11 is 1.73. The fourth-order valence-corrected chi connectivity index (χ4v) is 3.40. The summed E-state index contributed by atoms with van der Waals surface area (Å²) in [6, 6.07) is 8.93. The molecule has 1 fully saturated rings. The van der Waals surface area contributed by atoms with Gasteiger partial charge in [-0.15, -0.1) is 11.8 Å². The van der Waals surface area contributed by atoms with Crippen LogP contribution in [0.5, 0.6) is 0 Å². The first kappa shape index (κ1) is 15.2. The molecule has 108 valence electrons. The minimum Gasteiger partial charge on any atom is -0.375 e. The molecule has 0 saturated carbocycles. The minimum absolute atomic E-state index is 0.215. The Bertz CT molecular complexity index is 498. The number of rotatable bonds is 4. The Hall–Kier alpha value is -1.18.